The third-order valence-corrected chi connectivity index (χ3v) is 2.93. The van der Waals surface area contributed by atoms with Crippen LogP contribution >= 0.6 is 0 Å². The Kier molecular flexibility index (Phi) is 2.42. The molecule has 0 spiro atoms. The summed E-state index contributed by atoms with van der Waals surface area (Å²) in [6.45, 7) is 2.76. The van der Waals surface area contributed by atoms with Crippen LogP contribution in [0.5, 0.6) is 0 Å². The molecule has 1 aromatic carbocycles. The Morgan fingerprint density at radius 2 is 1.94 bits per heavy atom. The number of hydrogen-bond acceptors (Lipinski definition) is 4. The largest absolute Gasteiger partial charge is 0.337 e. The number of hydrogen-bond donors (Lipinski definition) is 0. The molecule has 0 fully saturated rings. The van der Waals surface area contributed by atoms with Crippen molar-refractivity contribution in [3.63, 3.8) is 0 Å². The van der Waals surface area contributed by atoms with Crippen LogP contribution in [0, 0.1) is 10.1 Å². The molecule has 1 aliphatic rings. The number of hydrazone groups is 1. The van der Waals surface area contributed by atoms with E-state index in [0.717, 1.165) is 5.01 Å². The molecule has 2 rings (SSSR count). The third-order valence-electron chi connectivity index (χ3n) is 2.93. The fourth-order valence-electron chi connectivity index (χ4n) is 1.61. The second kappa shape index (κ2) is 3.65. The zero-order chi connectivity index (χ0) is 12.6. The van der Waals surface area contributed by atoms with Crippen LogP contribution in [0.15, 0.2) is 35.4 Å². The van der Waals surface area contributed by atoms with Gasteiger partial charge in [0, 0.05) is 11.8 Å². The molecule has 0 radical (unpaired) electrons. The molecule has 1 amide bonds. The molecular weight excluding hydrogens is 222 g/mol. The number of anilines is 1. The van der Waals surface area contributed by atoms with E-state index in [1.165, 1.54) is 13.8 Å². The third kappa shape index (κ3) is 1.49. The van der Waals surface area contributed by atoms with Gasteiger partial charge in [-0.15, -0.1) is 0 Å². The summed E-state index contributed by atoms with van der Waals surface area (Å²) in [5.41, 5.74) is -1.03. The summed E-state index contributed by atoms with van der Waals surface area (Å²) in [5, 5.41) is 16.1. The topological polar surface area (TPSA) is 75.8 Å². The molecule has 17 heavy (non-hydrogen) atoms. The number of amides is 1. The van der Waals surface area contributed by atoms with E-state index in [2.05, 4.69) is 5.10 Å². The summed E-state index contributed by atoms with van der Waals surface area (Å²) in [5.74, 6) is -0.633. The molecule has 0 N–H and O–H groups in total. The quantitative estimate of drug-likeness (QED) is 0.573. The van der Waals surface area contributed by atoms with Gasteiger partial charge in [-0.25, -0.2) is 0 Å². The van der Waals surface area contributed by atoms with Gasteiger partial charge < -0.3 is 0 Å². The van der Waals surface area contributed by atoms with Gasteiger partial charge in [0.1, 0.15) is 5.71 Å². The second-order valence-electron chi connectivity index (χ2n) is 3.97. The Labute approximate surface area is 97.7 Å². The lowest BCUT2D eigenvalue weighted by atomic mass is 9.98. The molecule has 0 bridgehead atoms. The van der Waals surface area contributed by atoms with Crippen LogP contribution in [0.3, 0.4) is 0 Å². The van der Waals surface area contributed by atoms with Crippen LogP contribution in [-0.2, 0) is 4.79 Å². The summed E-state index contributed by atoms with van der Waals surface area (Å²) < 4.78 is 0. The number of rotatable bonds is 2. The van der Waals surface area contributed by atoms with Gasteiger partial charge in [-0.05, 0) is 19.1 Å². The number of benzene rings is 1. The standard InChI is InChI=1S/C11H11N3O3/c1-8-11(2,14(16)17)10(15)13(12-8)9-6-4-3-5-7-9/h3-7H,1-2H3/t11-/m0/s1. The predicted molar refractivity (Wildman–Crippen MR) is 62.4 cm³/mol. The number of carbonyl (C=O) groups is 1. The van der Waals surface area contributed by atoms with E-state index in [1.54, 1.807) is 30.3 Å². The molecule has 6 nitrogen and oxygen atoms in total. The highest BCUT2D eigenvalue weighted by molar-refractivity contribution is 6.20. The van der Waals surface area contributed by atoms with Crippen LogP contribution in [0.2, 0.25) is 0 Å². The van der Waals surface area contributed by atoms with Gasteiger partial charge in [-0.1, -0.05) is 18.2 Å². The van der Waals surface area contributed by atoms with E-state index in [9.17, 15) is 14.9 Å². The maximum absolute atomic E-state index is 12.0. The zero-order valence-corrected chi connectivity index (χ0v) is 9.45. The fourth-order valence-corrected chi connectivity index (χ4v) is 1.61. The van der Waals surface area contributed by atoms with Crippen LogP contribution in [0.1, 0.15) is 13.8 Å². The minimum absolute atomic E-state index is 0.191. The first-order valence-electron chi connectivity index (χ1n) is 5.07. The van der Waals surface area contributed by atoms with Crippen LogP contribution in [0.25, 0.3) is 0 Å². The maximum Gasteiger partial charge on any atom is 0.337 e. The van der Waals surface area contributed by atoms with Crippen molar-refractivity contribution in [3.8, 4) is 0 Å². The predicted octanol–water partition coefficient (Wildman–Crippen LogP) is 1.44. The normalized spacial score (nSPS) is 23.8. The monoisotopic (exact) mass is 233 g/mol. The van der Waals surface area contributed by atoms with Crippen molar-refractivity contribution in [2.75, 3.05) is 5.01 Å². The van der Waals surface area contributed by atoms with Crippen molar-refractivity contribution in [2.24, 2.45) is 5.10 Å². The van der Waals surface area contributed by atoms with Gasteiger partial charge in [0.25, 0.3) is 0 Å². The molecule has 88 valence electrons. The Balaban J connectivity index is 2.44. The summed E-state index contributed by atoms with van der Waals surface area (Å²) in [6, 6.07) is 8.65. The van der Waals surface area contributed by atoms with Gasteiger partial charge in [0.05, 0.1) is 5.69 Å². The molecule has 6 heteroatoms. The molecule has 0 aromatic heterocycles. The first kappa shape index (κ1) is 11.3. The summed E-state index contributed by atoms with van der Waals surface area (Å²) in [7, 11) is 0. The highest BCUT2D eigenvalue weighted by Gasteiger charge is 2.56. The van der Waals surface area contributed by atoms with Crippen molar-refractivity contribution < 1.29 is 9.72 Å². The lowest BCUT2D eigenvalue weighted by Gasteiger charge is -2.15. The summed E-state index contributed by atoms with van der Waals surface area (Å²) in [6.07, 6.45) is 0. The number of nitro groups is 1. The van der Waals surface area contributed by atoms with Gasteiger partial charge >= 0.3 is 11.4 Å². The highest BCUT2D eigenvalue weighted by atomic mass is 16.6. The SMILES string of the molecule is CC1=NN(c2ccccc2)C(=O)[C@@]1(C)[N+](=O)[O-]. The molecule has 1 aromatic rings. The zero-order valence-electron chi connectivity index (χ0n) is 9.45. The molecule has 1 aliphatic heterocycles. The average molecular weight is 233 g/mol. The molecule has 0 saturated carbocycles. The van der Waals surface area contributed by atoms with Gasteiger partial charge in [-0.2, -0.15) is 10.1 Å². The smallest absolute Gasteiger partial charge is 0.264 e. The van der Waals surface area contributed by atoms with Gasteiger partial charge in [0.15, 0.2) is 0 Å². The first-order chi connectivity index (χ1) is 7.98. The van der Waals surface area contributed by atoms with E-state index < -0.39 is 16.4 Å². The summed E-state index contributed by atoms with van der Waals surface area (Å²) >= 11 is 0. The van der Waals surface area contributed by atoms with E-state index in [4.69, 9.17) is 0 Å². The van der Waals surface area contributed by atoms with E-state index in [-0.39, 0.29) is 5.71 Å². The minimum atomic E-state index is -1.75. The van der Waals surface area contributed by atoms with E-state index in [0.29, 0.717) is 5.69 Å². The Morgan fingerprint density at radius 1 is 1.35 bits per heavy atom. The van der Waals surface area contributed by atoms with Crippen molar-refractivity contribution in [2.45, 2.75) is 19.4 Å². The highest BCUT2D eigenvalue weighted by Crippen LogP contribution is 2.28. The Bertz CT molecular complexity index is 512. The summed E-state index contributed by atoms with van der Waals surface area (Å²) in [4.78, 5) is 22.4. The molecule has 1 atom stereocenters. The molecule has 1 heterocycles. The Morgan fingerprint density at radius 3 is 2.41 bits per heavy atom. The molecule has 0 aliphatic carbocycles. The van der Waals surface area contributed by atoms with Crippen molar-refractivity contribution in [1.29, 1.82) is 0 Å². The van der Waals surface area contributed by atoms with Crippen LogP contribution in [0.4, 0.5) is 5.69 Å². The van der Waals surface area contributed by atoms with Crippen molar-refractivity contribution in [1.82, 2.24) is 0 Å². The van der Waals surface area contributed by atoms with Crippen LogP contribution < -0.4 is 5.01 Å². The average Bonchev–Trinajstić information content (AvgIpc) is 2.56. The van der Waals surface area contributed by atoms with E-state index >= 15 is 0 Å². The molecule has 0 unspecified atom stereocenters. The van der Waals surface area contributed by atoms with Crippen molar-refractivity contribution >= 4 is 17.3 Å². The molecular formula is C11H11N3O3. The lowest BCUT2D eigenvalue weighted by molar-refractivity contribution is -0.525. The number of para-hydroxylation sites is 1. The van der Waals surface area contributed by atoms with Gasteiger partial charge in [0.2, 0.25) is 0 Å². The lowest BCUT2D eigenvalue weighted by Crippen LogP contribution is -2.49. The molecule has 0 saturated heterocycles. The number of nitrogens with zero attached hydrogens (tertiary/aromatic N) is 3. The maximum atomic E-state index is 12.0. The van der Waals surface area contributed by atoms with Crippen molar-refractivity contribution in [3.05, 3.63) is 40.4 Å². The number of carbonyl (C=O) groups excluding carboxylic acids is 1. The van der Waals surface area contributed by atoms with Crippen LogP contribution in [-0.4, -0.2) is 22.1 Å². The fraction of sp³-hybridized carbons (Fsp3) is 0.273. The Hall–Kier alpha value is -2.24. The van der Waals surface area contributed by atoms with Gasteiger partial charge in [-0.3, -0.25) is 14.9 Å². The minimum Gasteiger partial charge on any atom is -0.264 e. The second-order valence-corrected chi connectivity index (χ2v) is 3.97. The van der Waals surface area contributed by atoms with E-state index in [1.807, 2.05) is 0 Å². The first-order valence-corrected chi connectivity index (χ1v) is 5.07.